The lowest BCUT2D eigenvalue weighted by atomic mass is 10.2. The Hall–Kier alpha value is -0.680. The van der Waals surface area contributed by atoms with Crippen molar-refractivity contribution in [3.63, 3.8) is 0 Å². The molecule has 0 aliphatic carbocycles. The number of hydrogen-bond acceptors (Lipinski definition) is 4. The average molecular weight is 237 g/mol. The van der Waals surface area contributed by atoms with E-state index in [0.29, 0.717) is 0 Å². The summed E-state index contributed by atoms with van der Waals surface area (Å²) >= 11 is 3.94. The molecule has 1 aliphatic rings. The molecule has 1 N–H and O–H groups in total. The first-order valence-electron chi connectivity index (χ1n) is 4.98. The Balaban J connectivity index is 2.16. The number of nitrogens with zero attached hydrogens (tertiary/aromatic N) is 2. The molecule has 5 heteroatoms. The summed E-state index contributed by atoms with van der Waals surface area (Å²) in [6, 6.07) is 4.23. The van der Waals surface area contributed by atoms with Crippen molar-refractivity contribution in [3.8, 4) is 0 Å². The third kappa shape index (κ3) is 1.74. The number of thioether (sulfide) groups is 2. The van der Waals surface area contributed by atoms with Crippen molar-refractivity contribution in [1.82, 2.24) is 15.4 Å². The van der Waals surface area contributed by atoms with Crippen LogP contribution in [0.4, 0.5) is 0 Å². The lowest BCUT2D eigenvalue weighted by molar-refractivity contribution is 0.957. The molecular formula is C10H11N3S2. The maximum atomic E-state index is 4.24. The number of aromatic nitrogens is 3. The van der Waals surface area contributed by atoms with Crippen LogP contribution in [0.3, 0.4) is 0 Å². The highest BCUT2D eigenvalue weighted by atomic mass is 32.2. The van der Waals surface area contributed by atoms with Crippen molar-refractivity contribution in [2.75, 3.05) is 11.5 Å². The Kier molecular flexibility index (Phi) is 2.58. The topological polar surface area (TPSA) is 41.6 Å². The predicted molar refractivity (Wildman–Crippen MR) is 65.4 cm³/mol. The van der Waals surface area contributed by atoms with Gasteiger partial charge in [0.05, 0.1) is 0 Å². The van der Waals surface area contributed by atoms with Gasteiger partial charge in [0.25, 0.3) is 0 Å². The molecule has 1 aromatic carbocycles. The van der Waals surface area contributed by atoms with Crippen LogP contribution in [0, 0.1) is 0 Å². The molecule has 3 rings (SSSR count). The van der Waals surface area contributed by atoms with Crippen LogP contribution in [0.5, 0.6) is 0 Å². The summed E-state index contributed by atoms with van der Waals surface area (Å²) in [5, 5.41) is 11.1. The van der Waals surface area contributed by atoms with Gasteiger partial charge < -0.3 is 0 Å². The summed E-state index contributed by atoms with van der Waals surface area (Å²) in [5.74, 6) is 3.52. The van der Waals surface area contributed by atoms with Crippen molar-refractivity contribution in [2.45, 2.75) is 17.1 Å². The van der Waals surface area contributed by atoms with Crippen molar-refractivity contribution in [1.29, 1.82) is 0 Å². The van der Waals surface area contributed by atoms with E-state index in [1.165, 1.54) is 28.4 Å². The van der Waals surface area contributed by atoms with E-state index >= 15 is 0 Å². The summed E-state index contributed by atoms with van der Waals surface area (Å²) in [6.07, 6.45) is 1.30. The van der Waals surface area contributed by atoms with Crippen molar-refractivity contribution in [2.24, 2.45) is 0 Å². The normalized spacial score (nSPS) is 17.1. The second-order valence-corrected chi connectivity index (χ2v) is 5.73. The van der Waals surface area contributed by atoms with E-state index in [1.807, 2.05) is 23.5 Å². The molecule has 2 heterocycles. The lowest BCUT2D eigenvalue weighted by Gasteiger charge is -2.12. The molecule has 1 aliphatic heterocycles. The molecule has 78 valence electrons. The fourth-order valence-electron chi connectivity index (χ4n) is 1.74. The highest BCUT2D eigenvalue weighted by Crippen LogP contribution is 2.33. The average Bonchev–Trinajstić information content (AvgIpc) is 2.65. The Morgan fingerprint density at radius 2 is 2.20 bits per heavy atom. The van der Waals surface area contributed by atoms with Crippen molar-refractivity contribution >= 4 is 34.6 Å². The van der Waals surface area contributed by atoms with Crippen LogP contribution in [0.15, 0.2) is 17.0 Å². The maximum absolute atomic E-state index is 4.24. The summed E-state index contributed by atoms with van der Waals surface area (Å²) in [6.45, 7) is 0. The first kappa shape index (κ1) is 9.54. The Labute approximate surface area is 96.4 Å². The van der Waals surface area contributed by atoms with Gasteiger partial charge in [0.2, 0.25) is 0 Å². The number of H-pyrrole nitrogens is 1. The van der Waals surface area contributed by atoms with Gasteiger partial charge in [-0.2, -0.15) is 27.2 Å². The van der Waals surface area contributed by atoms with E-state index in [4.69, 9.17) is 0 Å². The SMILES string of the molecule is c1cc2n[nH]nc2c2c1SCCCSC2. The van der Waals surface area contributed by atoms with E-state index in [1.54, 1.807) is 0 Å². The van der Waals surface area contributed by atoms with Crippen LogP contribution in [-0.4, -0.2) is 26.9 Å². The Morgan fingerprint density at radius 3 is 3.20 bits per heavy atom. The second kappa shape index (κ2) is 4.06. The number of aromatic amines is 1. The smallest absolute Gasteiger partial charge is 0.118 e. The standard InChI is InChI=1S/C10H11N3S2/c1-4-14-6-7-9(15-5-1)3-2-8-10(7)12-13-11-8/h2-3H,1,4-6H2,(H,11,12,13). The lowest BCUT2D eigenvalue weighted by Crippen LogP contribution is -1.95. The van der Waals surface area contributed by atoms with Gasteiger partial charge in [-0.15, -0.1) is 11.8 Å². The number of benzene rings is 1. The monoisotopic (exact) mass is 237 g/mol. The molecular weight excluding hydrogens is 226 g/mol. The van der Waals surface area contributed by atoms with Gasteiger partial charge in [-0.1, -0.05) is 0 Å². The fraction of sp³-hybridized carbons (Fsp3) is 0.400. The first-order chi connectivity index (χ1) is 7.45. The van der Waals surface area contributed by atoms with E-state index in [2.05, 4.69) is 27.5 Å². The van der Waals surface area contributed by atoms with Gasteiger partial charge in [-0.05, 0) is 30.1 Å². The molecule has 0 atom stereocenters. The van der Waals surface area contributed by atoms with Gasteiger partial charge in [-0.25, -0.2) is 0 Å². The Morgan fingerprint density at radius 1 is 1.20 bits per heavy atom. The summed E-state index contributed by atoms with van der Waals surface area (Å²) in [4.78, 5) is 1.38. The van der Waals surface area contributed by atoms with Crippen LogP contribution in [0.25, 0.3) is 11.0 Å². The minimum absolute atomic E-state index is 0.982. The first-order valence-corrected chi connectivity index (χ1v) is 7.12. The summed E-state index contributed by atoms with van der Waals surface area (Å²) in [5.41, 5.74) is 3.39. The van der Waals surface area contributed by atoms with Gasteiger partial charge in [0.15, 0.2) is 0 Å². The minimum Gasteiger partial charge on any atom is -0.197 e. The second-order valence-electron chi connectivity index (χ2n) is 3.49. The molecule has 15 heavy (non-hydrogen) atoms. The maximum Gasteiger partial charge on any atom is 0.118 e. The zero-order valence-electron chi connectivity index (χ0n) is 8.19. The van der Waals surface area contributed by atoms with E-state index in [9.17, 15) is 0 Å². The van der Waals surface area contributed by atoms with Gasteiger partial charge in [-0.3, -0.25) is 0 Å². The third-order valence-corrected chi connectivity index (χ3v) is 4.74. The molecule has 0 unspecified atom stereocenters. The zero-order chi connectivity index (χ0) is 10.1. The molecule has 0 saturated heterocycles. The zero-order valence-corrected chi connectivity index (χ0v) is 9.83. The fourth-order valence-corrected chi connectivity index (χ4v) is 4.02. The Bertz CT molecular complexity index is 480. The molecule has 2 aromatic rings. The quantitative estimate of drug-likeness (QED) is 0.765. The van der Waals surface area contributed by atoms with Crippen molar-refractivity contribution in [3.05, 3.63) is 17.7 Å². The van der Waals surface area contributed by atoms with Crippen LogP contribution in [0.2, 0.25) is 0 Å². The van der Waals surface area contributed by atoms with Crippen LogP contribution in [-0.2, 0) is 5.75 Å². The number of hydrogen-bond donors (Lipinski definition) is 1. The molecule has 3 nitrogen and oxygen atoms in total. The largest absolute Gasteiger partial charge is 0.197 e. The summed E-state index contributed by atoms with van der Waals surface area (Å²) < 4.78 is 0. The van der Waals surface area contributed by atoms with Gasteiger partial charge in [0.1, 0.15) is 11.0 Å². The molecule has 0 spiro atoms. The molecule has 0 saturated carbocycles. The van der Waals surface area contributed by atoms with Crippen LogP contribution >= 0.6 is 23.5 Å². The highest BCUT2D eigenvalue weighted by molar-refractivity contribution is 8.00. The van der Waals surface area contributed by atoms with Gasteiger partial charge >= 0.3 is 0 Å². The van der Waals surface area contributed by atoms with E-state index in [0.717, 1.165) is 16.8 Å². The molecule has 0 bridgehead atoms. The molecule has 1 aromatic heterocycles. The number of fused-ring (bicyclic) bond motifs is 3. The number of rotatable bonds is 0. The predicted octanol–water partition coefficient (Wildman–Crippen LogP) is 2.69. The van der Waals surface area contributed by atoms with Crippen LogP contribution < -0.4 is 0 Å². The van der Waals surface area contributed by atoms with Gasteiger partial charge in [0, 0.05) is 16.2 Å². The summed E-state index contributed by atoms with van der Waals surface area (Å²) in [7, 11) is 0. The molecule has 0 radical (unpaired) electrons. The third-order valence-electron chi connectivity index (χ3n) is 2.49. The van der Waals surface area contributed by atoms with E-state index in [-0.39, 0.29) is 0 Å². The minimum atomic E-state index is 0.982. The molecule has 0 fully saturated rings. The van der Waals surface area contributed by atoms with Crippen LogP contribution in [0.1, 0.15) is 12.0 Å². The van der Waals surface area contributed by atoms with E-state index < -0.39 is 0 Å². The number of nitrogens with one attached hydrogen (secondary N) is 1. The highest BCUT2D eigenvalue weighted by Gasteiger charge is 2.13. The molecule has 0 amide bonds. The van der Waals surface area contributed by atoms with Crippen molar-refractivity contribution < 1.29 is 0 Å².